The van der Waals surface area contributed by atoms with Crippen molar-refractivity contribution in [2.75, 3.05) is 19.6 Å². The topological polar surface area (TPSA) is 39.1 Å². The molecule has 0 radical (unpaired) electrons. The molecule has 1 rings (SSSR count). The maximum Gasteiger partial charge on any atom is 0.105 e. The fourth-order valence-corrected chi connectivity index (χ4v) is 2.52. The summed E-state index contributed by atoms with van der Waals surface area (Å²) >= 11 is 0. The Bertz CT molecular complexity index is 280. The number of hydrogen-bond donors (Lipinski definition) is 1. The Morgan fingerprint density at radius 1 is 1.47 bits per heavy atom. The van der Waals surface area contributed by atoms with E-state index in [0.29, 0.717) is 5.54 Å². The van der Waals surface area contributed by atoms with Crippen molar-refractivity contribution < 1.29 is 0 Å². The van der Waals surface area contributed by atoms with E-state index in [0.717, 1.165) is 25.9 Å². The largest absolute Gasteiger partial charge is 0.300 e. The first kappa shape index (κ1) is 14.5. The van der Waals surface area contributed by atoms with Crippen LogP contribution >= 0.6 is 0 Å². The number of nitriles is 1. The Hall–Kier alpha value is -0.590. The first-order valence-electron chi connectivity index (χ1n) is 6.85. The molecule has 0 aromatic carbocycles. The van der Waals surface area contributed by atoms with Crippen LogP contribution in [0.2, 0.25) is 0 Å². The van der Waals surface area contributed by atoms with Gasteiger partial charge in [-0.1, -0.05) is 6.92 Å². The highest BCUT2D eigenvalue weighted by atomic mass is 15.2. The van der Waals surface area contributed by atoms with Gasteiger partial charge in [0.2, 0.25) is 0 Å². The van der Waals surface area contributed by atoms with Gasteiger partial charge in [-0.15, -0.1) is 0 Å². The third-order valence-electron chi connectivity index (χ3n) is 3.97. The summed E-state index contributed by atoms with van der Waals surface area (Å²) in [6.45, 7) is 11.9. The van der Waals surface area contributed by atoms with Crippen molar-refractivity contribution in [3.63, 3.8) is 0 Å². The predicted molar refractivity (Wildman–Crippen MR) is 71.8 cm³/mol. The normalized spacial score (nSPS) is 23.2. The smallest absolute Gasteiger partial charge is 0.105 e. The third kappa shape index (κ3) is 3.97. The summed E-state index contributed by atoms with van der Waals surface area (Å²) in [6, 6.07) is 2.43. The minimum Gasteiger partial charge on any atom is -0.300 e. The summed E-state index contributed by atoms with van der Waals surface area (Å²) in [5.41, 5.74) is -0.0458. The van der Waals surface area contributed by atoms with Crippen LogP contribution in [-0.2, 0) is 0 Å². The number of nitrogens with zero attached hydrogens (tertiary/aromatic N) is 2. The molecular weight excluding hydrogens is 210 g/mol. The molecule has 98 valence electrons. The summed E-state index contributed by atoms with van der Waals surface area (Å²) in [5.74, 6) is 0. The molecule has 17 heavy (non-hydrogen) atoms. The van der Waals surface area contributed by atoms with Gasteiger partial charge in [-0.3, -0.25) is 10.2 Å². The van der Waals surface area contributed by atoms with E-state index in [2.05, 4.69) is 37.1 Å². The number of likely N-dealkylation sites (tertiary alicyclic amines) is 1. The first-order chi connectivity index (χ1) is 7.93. The van der Waals surface area contributed by atoms with Gasteiger partial charge in [-0.2, -0.15) is 5.26 Å². The van der Waals surface area contributed by atoms with Crippen molar-refractivity contribution in [1.29, 1.82) is 5.26 Å². The molecule has 0 spiro atoms. The zero-order valence-corrected chi connectivity index (χ0v) is 11.8. The Balaban J connectivity index is 2.45. The molecule has 0 bridgehead atoms. The van der Waals surface area contributed by atoms with Gasteiger partial charge in [-0.25, -0.2) is 0 Å². The lowest BCUT2D eigenvalue weighted by molar-refractivity contribution is 0.161. The summed E-state index contributed by atoms with van der Waals surface area (Å²) in [4.78, 5) is 2.52. The second-order valence-corrected chi connectivity index (χ2v) is 6.02. The van der Waals surface area contributed by atoms with Gasteiger partial charge in [0.25, 0.3) is 0 Å². The fourth-order valence-electron chi connectivity index (χ4n) is 2.52. The number of rotatable bonds is 6. The Morgan fingerprint density at radius 2 is 2.18 bits per heavy atom. The zero-order valence-electron chi connectivity index (χ0n) is 11.8. The second-order valence-electron chi connectivity index (χ2n) is 6.02. The van der Waals surface area contributed by atoms with E-state index in [-0.39, 0.29) is 5.54 Å². The van der Waals surface area contributed by atoms with E-state index in [9.17, 15) is 5.26 Å². The number of hydrogen-bond acceptors (Lipinski definition) is 3. The van der Waals surface area contributed by atoms with Crippen molar-refractivity contribution in [1.82, 2.24) is 10.2 Å². The molecule has 0 aromatic rings. The summed E-state index contributed by atoms with van der Waals surface area (Å²) in [7, 11) is 0. The highest BCUT2D eigenvalue weighted by molar-refractivity contribution is 5.04. The molecule has 1 aliphatic heterocycles. The van der Waals surface area contributed by atoms with Crippen molar-refractivity contribution >= 4 is 0 Å². The Morgan fingerprint density at radius 3 is 2.65 bits per heavy atom. The van der Waals surface area contributed by atoms with Crippen molar-refractivity contribution in [2.24, 2.45) is 0 Å². The molecule has 3 nitrogen and oxygen atoms in total. The van der Waals surface area contributed by atoms with Crippen LogP contribution in [0.5, 0.6) is 0 Å². The van der Waals surface area contributed by atoms with Crippen LogP contribution in [0.4, 0.5) is 0 Å². The van der Waals surface area contributed by atoms with Crippen LogP contribution in [0.15, 0.2) is 0 Å². The van der Waals surface area contributed by atoms with Gasteiger partial charge in [0.1, 0.15) is 5.54 Å². The van der Waals surface area contributed by atoms with E-state index >= 15 is 0 Å². The zero-order chi connectivity index (χ0) is 12.9. The Labute approximate surface area is 106 Å². The molecule has 1 unspecified atom stereocenters. The highest BCUT2D eigenvalue weighted by Gasteiger charge is 2.33. The van der Waals surface area contributed by atoms with Gasteiger partial charge in [0, 0.05) is 12.1 Å². The fraction of sp³-hybridized carbons (Fsp3) is 0.929. The van der Waals surface area contributed by atoms with E-state index < -0.39 is 0 Å². The van der Waals surface area contributed by atoms with Gasteiger partial charge in [0.05, 0.1) is 6.07 Å². The average Bonchev–Trinajstić information content (AvgIpc) is 2.63. The molecular formula is C14H27N3. The second kappa shape index (κ2) is 5.84. The standard InChI is InChI=1S/C14H27N3/c1-5-9-16-14(4,12-15)8-11-17-10-6-7-13(17,2)3/h16H,5-11H2,1-4H3. The Kier molecular flexibility index (Phi) is 4.97. The van der Waals surface area contributed by atoms with Gasteiger partial charge < -0.3 is 0 Å². The quantitative estimate of drug-likeness (QED) is 0.771. The summed E-state index contributed by atoms with van der Waals surface area (Å²) < 4.78 is 0. The lowest BCUT2D eigenvalue weighted by Gasteiger charge is -2.34. The monoisotopic (exact) mass is 237 g/mol. The summed E-state index contributed by atoms with van der Waals surface area (Å²) in [5, 5.41) is 12.6. The molecule has 0 saturated carbocycles. The molecule has 1 fully saturated rings. The van der Waals surface area contributed by atoms with E-state index in [1.165, 1.54) is 19.4 Å². The molecule has 0 aliphatic carbocycles. The maximum atomic E-state index is 9.28. The lowest BCUT2D eigenvalue weighted by Crippen LogP contribution is -2.46. The molecule has 0 aromatic heterocycles. The van der Waals surface area contributed by atoms with Crippen molar-refractivity contribution in [3.8, 4) is 6.07 Å². The molecule has 1 atom stereocenters. The molecule has 1 aliphatic rings. The van der Waals surface area contributed by atoms with Gasteiger partial charge in [0.15, 0.2) is 0 Å². The van der Waals surface area contributed by atoms with Crippen LogP contribution in [0.25, 0.3) is 0 Å². The molecule has 1 heterocycles. The summed E-state index contributed by atoms with van der Waals surface area (Å²) in [6.07, 6.45) is 4.55. The van der Waals surface area contributed by atoms with Crippen LogP contribution in [0.3, 0.4) is 0 Å². The maximum absolute atomic E-state index is 9.28. The minimum atomic E-state index is -0.366. The predicted octanol–water partition coefficient (Wildman–Crippen LogP) is 2.53. The SMILES string of the molecule is CCCNC(C)(C#N)CCN1CCCC1(C)C. The van der Waals surface area contributed by atoms with Crippen molar-refractivity contribution in [3.05, 3.63) is 0 Å². The highest BCUT2D eigenvalue weighted by Crippen LogP contribution is 2.28. The molecule has 1 saturated heterocycles. The van der Waals surface area contributed by atoms with Crippen molar-refractivity contribution in [2.45, 2.75) is 64.5 Å². The van der Waals surface area contributed by atoms with E-state index in [4.69, 9.17) is 0 Å². The molecule has 0 amide bonds. The van der Waals surface area contributed by atoms with E-state index in [1.807, 2.05) is 6.92 Å². The van der Waals surface area contributed by atoms with Crippen LogP contribution in [0.1, 0.15) is 53.4 Å². The lowest BCUT2D eigenvalue weighted by atomic mass is 9.97. The van der Waals surface area contributed by atoms with Gasteiger partial charge in [-0.05, 0) is 59.5 Å². The van der Waals surface area contributed by atoms with Crippen LogP contribution in [-0.4, -0.2) is 35.6 Å². The minimum absolute atomic E-state index is 0.321. The average molecular weight is 237 g/mol. The molecule has 3 heteroatoms. The van der Waals surface area contributed by atoms with Gasteiger partial charge >= 0.3 is 0 Å². The third-order valence-corrected chi connectivity index (χ3v) is 3.97. The molecule has 1 N–H and O–H groups in total. The van der Waals surface area contributed by atoms with E-state index in [1.54, 1.807) is 0 Å². The van der Waals surface area contributed by atoms with Crippen LogP contribution in [0, 0.1) is 11.3 Å². The first-order valence-corrected chi connectivity index (χ1v) is 6.85. The number of nitrogens with one attached hydrogen (secondary N) is 1. The van der Waals surface area contributed by atoms with Crippen LogP contribution < -0.4 is 5.32 Å².